The molecule has 14 heavy (non-hydrogen) atoms. The lowest BCUT2D eigenvalue weighted by atomic mass is 10.2. The maximum atomic E-state index is 8.63. The quantitative estimate of drug-likeness (QED) is 0.744. The average molecular weight is 190 g/mol. The number of hydrogen-bond acceptors (Lipinski definition) is 3. The van der Waals surface area contributed by atoms with Gasteiger partial charge in [0.1, 0.15) is 5.75 Å². The molecule has 1 aromatic rings. The highest BCUT2D eigenvalue weighted by Gasteiger charge is 2.05. The van der Waals surface area contributed by atoms with E-state index in [4.69, 9.17) is 15.7 Å². The standard InChI is InChI=1S/C11H14N2O/c1-3-8(2)14-11-5-4-9(7-12)6-10(11)13/h4-6,8H,3,13H2,1-2H3. The molecule has 0 aliphatic rings. The lowest BCUT2D eigenvalue weighted by Gasteiger charge is -2.14. The van der Waals surface area contributed by atoms with Crippen LogP contribution >= 0.6 is 0 Å². The van der Waals surface area contributed by atoms with Gasteiger partial charge in [0.25, 0.3) is 0 Å². The van der Waals surface area contributed by atoms with E-state index in [0.29, 0.717) is 17.0 Å². The maximum Gasteiger partial charge on any atom is 0.142 e. The molecule has 0 spiro atoms. The topological polar surface area (TPSA) is 59.0 Å². The van der Waals surface area contributed by atoms with Gasteiger partial charge in [-0.3, -0.25) is 0 Å². The molecule has 0 bridgehead atoms. The van der Waals surface area contributed by atoms with E-state index in [-0.39, 0.29) is 6.10 Å². The Morgan fingerprint density at radius 2 is 2.29 bits per heavy atom. The largest absolute Gasteiger partial charge is 0.489 e. The number of nitrogens with two attached hydrogens (primary N) is 1. The number of benzene rings is 1. The number of nitrogens with zero attached hydrogens (tertiary/aromatic N) is 1. The molecule has 0 aliphatic carbocycles. The van der Waals surface area contributed by atoms with Gasteiger partial charge in [0.05, 0.1) is 23.4 Å². The molecule has 0 amide bonds. The van der Waals surface area contributed by atoms with E-state index in [2.05, 4.69) is 0 Å². The van der Waals surface area contributed by atoms with Gasteiger partial charge >= 0.3 is 0 Å². The van der Waals surface area contributed by atoms with Crippen molar-refractivity contribution >= 4 is 5.69 Å². The number of anilines is 1. The molecule has 3 nitrogen and oxygen atoms in total. The van der Waals surface area contributed by atoms with E-state index in [0.717, 1.165) is 6.42 Å². The third-order valence-electron chi connectivity index (χ3n) is 2.04. The molecule has 1 atom stereocenters. The Balaban J connectivity index is 2.85. The average Bonchev–Trinajstić information content (AvgIpc) is 2.20. The van der Waals surface area contributed by atoms with Gasteiger partial charge in [-0.15, -0.1) is 0 Å². The fourth-order valence-corrected chi connectivity index (χ4v) is 1.03. The summed E-state index contributed by atoms with van der Waals surface area (Å²) in [5.41, 5.74) is 6.80. The molecule has 0 fully saturated rings. The van der Waals surface area contributed by atoms with E-state index < -0.39 is 0 Å². The van der Waals surface area contributed by atoms with Crippen LogP contribution in [0.2, 0.25) is 0 Å². The smallest absolute Gasteiger partial charge is 0.142 e. The van der Waals surface area contributed by atoms with Gasteiger partial charge in [0, 0.05) is 0 Å². The van der Waals surface area contributed by atoms with Gasteiger partial charge in [-0.25, -0.2) is 0 Å². The molecule has 1 aromatic carbocycles. The first-order valence-electron chi connectivity index (χ1n) is 4.63. The maximum absolute atomic E-state index is 8.63. The molecule has 0 aliphatic heterocycles. The van der Waals surface area contributed by atoms with Crippen molar-refractivity contribution in [2.45, 2.75) is 26.4 Å². The minimum Gasteiger partial charge on any atom is -0.489 e. The van der Waals surface area contributed by atoms with E-state index >= 15 is 0 Å². The van der Waals surface area contributed by atoms with Crippen molar-refractivity contribution in [2.24, 2.45) is 0 Å². The second kappa shape index (κ2) is 4.52. The Morgan fingerprint density at radius 3 is 2.79 bits per heavy atom. The molecule has 0 heterocycles. The molecule has 0 saturated carbocycles. The van der Waals surface area contributed by atoms with Crippen LogP contribution in [0.3, 0.4) is 0 Å². The van der Waals surface area contributed by atoms with Crippen molar-refractivity contribution in [3.05, 3.63) is 23.8 Å². The fraction of sp³-hybridized carbons (Fsp3) is 0.364. The number of nitrogen functional groups attached to an aromatic ring is 1. The molecule has 74 valence electrons. The number of hydrogen-bond donors (Lipinski definition) is 1. The van der Waals surface area contributed by atoms with Gasteiger partial charge in [0.2, 0.25) is 0 Å². The van der Waals surface area contributed by atoms with Gasteiger partial charge in [-0.05, 0) is 31.5 Å². The summed E-state index contributed by atoms with van der Waals surface area (Å²) in [4.78, 5) is 0. The van der Waals surface area contributed by atoms with Crippen molar-refractivity contribution in [3.63, 3.8) is 0 Å². The third kappa shape index (κ3) is 2.40. The number of ether oxygens (including phenoxy) is 1. The van der Waals surface area contributed by atoms with Crippen LogP contribution in [0.1, 0.15) is 25.8 Å². The Hall–Kier alpha value is -1.69. The van der Waals surface area contributed by atoms with Crippen molar-refractivity contribution in [1.82, 2.24) is 0 Å². The number of nitriles is 1. The van der Waals surface area contributed by atoms with Crippen molar-refractivity contribution in [3.8, 4) is 11.8 Å². The monoisotopic (exact) mass is 190 g/mol. The van der Waals surface area contributed by atoms with Crippen LogP contribution in [0.5, 0.6) is 5.75 Å². The van der Waals surface area contributed by atoms with Crippen molar-refractivity contribution < 1.29 is 4.74 Å². The van der Waals surface area contributed by atoms with Crippen LogP contribution < -0.4 is 10.5 Å². The second-order valence-electron chi connectivity index (χ2n) is 3.20. The van der Waals surface area contributed by atoms with Gasteiger partial charge in [0.15, 0.2) is 0 Å². The summed E-state index contributed by atoms with van der Waals surface area (Å²) in [6, 6.07) is 7.09. The summed E-state index contributed by atoms with van der Waals surface area (Å²) in [5.74, 6) is 0.651. The zero-order valence-electron chi connectivity index (χ0n) is 8.45. The minimum absolute atomic E-state index is 0.144. The normalized spacial score (nSPS) is 11.8. The SMILES string of the molecule is CCC(C)Oc1ccc(C#N)cc1N. The van der Waals surface area contributed by atoms with Crippen LogP contribution in [-0.4, -0.2) is 6.10 Å². The Bertz CT molecular complexity index is 355. The molecule has 0 saturated heterocycles. The van der Waals surface area contributed by atoms with Gasteiger partial charge < -0.3 is 10.5 Å². The van der Waals surface area contributed by atoms with Gasteiger partial charge in [-0.2, -0.15) is 5.26 Å². The Morgan fingerprint density at radius 1 is 1.57 bits per heavy atom. The summed E-state index contributed by atoms with van der Waals surface area (Å²) in [6.07, 6.45) is 1.07. The highest BCUT2D eigenvalue weighted by Crippen LogP contribution is 2.23. The highest BCUT2D eigenvalue weighted by atomic mass is 16.5. The zero-order chi connectivity index (χ0) is 10.6. The predicted octanol–water partition coefficient (Wildman–Crippen LogP) is 2.32. The Kier molecular flexibility index (Phi) is 3.35. The Labute approximate surface area is 84.1 Å². The van der Waals surface area contributed by atoms with Crippen LogP contribution in [0.4, 0.5) is 5.69 Å². The third-order valence-corrected chi connectivity index (χ3v) is 2.04. The molecule has 1 rings (SSSR count). The van der Waals surface area contributed by atoms with E-state index in [1.807, 2.05) is 19.9 Å². The molecule has 1 unspecified atom stereocenters. The van der Waals surface area contributed by atoms with E-state index in [9.17, 15) is 0 Å². The summed E-state index contributed by atoms with van der Waals surface area (Å²) in [7, 11) is 0. The van der Waals surface area contributed by atoms with E-state index in [1.54, 1.807) is 18.2 Å². The summed E-state index contributed by atoms with van der Waals surface area (Å²) < 4.78 is 5.56. The summed E-state index contributed by atoms with van der Waals surface area (Å²) in [6.45, 7) is 4.03. The van der Waals surface area contributed by atoms with Crippen LogP contribution in [0.15, 0.2) is 18.2 Å². The highest BCUT2D eigenvalue weighted by molar-refractivity contribution is 5.56. The van der Waals surface area contributed by atoms with E-state index in [1.165, 1.54) is 0 Å². The molecular formula is C11H14N2O. The first kappa shape index (κ1) is 10.4. The second-order valence-corrected chi connectivity index (χ2v) is 3.20. The molecule has 3 heteroatoms. The molecule has 0 aromatic heterocycles. The molecule has 0 radical (unpaired) electrons. The summed E-state index contributed by atoms with van der Waals surface area (Å²) in [5, 5.41) is 8.63. The van der Waals surface area contributed by atoms with Crippen LogP contribution in [-0.2, 0) is 0 Å². The van der Waals surface area contributed by atoms with Crippen LogP contribution in [0.25, 0.3) is 0 Å². The molecule has 2 N–H and O–H groups in total. The lowest BCUT2D eigenvalue weighted by Crippen LogP contribution is -2.10. The zero-order valence-corrected chi connectivity index (χ0v) is 8.45. The fourth-order valence-electron chi connectivity index (χ4n) is 1.03. The minimum atomic E-state index is 0.144. The number of rotatable bonds is 3. The first-order chi connectivity index (χ1) is 6.67. The first-order valence-corrected chi connectivity index (χ1v) is 4.63. The molecular weight excluding hydrogens is 176 g/mol. The van der Waals surface area contributed by atoms with Crippen molar-refractivity contribution in [2.75, 3.05) is 5.73 Å². The van der Waals surface area contributed by atoms with Gasteiger partial charge in [-0.1, -0.05) is 6.92 Å². The van der Waals surface area contributed by atoms with Crippen molar-refractivity contribution in [1.29, 1.82) is 5.26 Å². The van der Waals surface area contributed by atoms with Crippen LogP contribution in [0, 0.1) is 11.3 Å². The predicted molar refractivity (Wildman–Crippen MR) is 56.0 cm³/mol. The lowest BCUT2D eigenvalue weighted by molar-refractivity contribution is 0.219. The summed E-state index contributed by atoms with van der Waals surface area (Å²) >= 11 is 0.